The lowest BCUT2D eigenvalue weighted by Crippen LogP contribution is -2.27. The Labute approximate surface area is 120 Å². The van der Waals surface area contributed by atoms with Crippen molar-refractivity contribution in [2.45, 2.75) is 71.0 Å². The molecule has 0 aromatic carbocycles. The van der Waals surface area contributed by atoms with E-state index in [0.29, 0.717) is 30.7 Å². The quantitative estimate of drug-likeness (QED) is 0.833. The Morgan fingerprint density at radius 1 is 1.40 bits per heavy atom. The lowest BCUT2D eigenvalue weighted by molar-refractivity contribution is -0.0403. The van der Waals surface area contributed by atoms with Crippen LogP contribution in [-0.2, 0) is 16.8 Å². The molecule has 2 atom stereocenters. The first-order chi connectivity index (χ1) is 9.59. The summed E-state index contributed by atoms with van der Waals surface area (Å²) in [5, 5.41) is 14.3. The lowest BCUT2D eigenvalue weighted by Gasteiger charge is -2.23. The molecule has 1 aromatic rings. The van der Waals surface area contributed by atoms with Crippen LogP contribution in [0.1, 0.15) is 64.6 Å². The number of hydrogen-bond acceptors (Lipinski definition) is 5. The molecule has 1 aliphatic carbocycles. The maximum Gasteiger partial charge on any atom is 0.229 e. The molecule has 5 nitrogen and oxygen atoms in total. The second-order valence-electron chi connectivity index (χ2n) is 5.85. The minimum Gasteiger partial charge on any atom is -0.392 e. The van der Waals surface area contributed by atoms with Gasteiger partial charge in [-0.2, -0.15) is 4.98 Å². The van der Waals surface area contributed by atoms with Gasteiger partial charge >= 0.3 is 0 Å². The van der Waals surface area contributed by atoms with E-state index in [0.717, 1.165) is 19.3 Å². The number of ether oxygens (including phenoxy) is 1. The van der Waals surface area contributed by atoms with Crippen molar-refractivity contribution in [3.8, 4) is 0 Å². The predicted octanol–water partition coefficient (Wildman–Crippen LogP) is 2.82. The zero-order valence-electron chi connectivity index (χ0n) is 12.8. The van der Waals surface area contributed by atoms with Crippen LogP contribution in [0, 0.1) is 5.92 Å². The maximum absolute atomic E-state index is 10.2. The Bertz CT molecular complexity index is 415. The third-order valence-corrected chi connectivity index (χ3v) is 4.41. The molecule has 0 aliphatic heterocycles. The summed E-state index contributed by atoms with van der Waals surface area (Å²) in [6.07, 6.45) is 5.51. The lowest BCUT2D eigenvalue weighted by atomic mass is 9.98. The van der Waals surface area contributed by atoms with Crippen molar-refractivity contribution < 1.29 is 14.4 Å². The van der Waals surface area contributed by atoms with Crippen molar-refractivity contribution in [2.24, 2.45) is 5.92 Å². The highest BCUT2D eigenvalue weighted by atomic mass is 16.5. The Hall–Kier alpha value is -0.940. The Balaban J connectivity index is 2.00. The fourth-order valence-electron chi connectivity index (χ4n) is 2.88. The van der Waals surface area contributed by atoms with Crippen LogP contribution >= 0.6 is 0 Å². The van der Waals surface area contributed by atoms with Crippen LogP contribution in [0.4, 0.5) is 0 Å². The molecule has 1 fully saturated rings. The average molecular weight is 282 g/mol. The second kappa shape index (κ2) is 6.68. The van der Waals surface area contributed by atoms with E-state index in [1.165, 1.54) is 12.8 Å². The van der Waals surface area contributed by atoms with Gasteiger partial charge in [-0.05, 0) is 39.0 Å². The normalized spacial score (nSPS) is 21.0. The molecule has 114 valence electrons. The van der Waals surface area contributed by atoms with E-state index in [1.807, 2.05) is 20.8 Å². The van der Waals surface area contributed by atoms with Gasteiger partial charge in [0.05, 0.1) is 12.5 Å². The van der Waals surface area contributed by atoms with Crippen LogP contribution in [0.5, 0.6) is 0 Å². The van der Waals surface area contributed by atoms with Crippen molar-refractivity contribution in [3.05, 3.63) is 11.7 Å². The van der Waals surface area contributed by atoms with Gasteiger partial charge in [0.2, 0.25) is 11.7 Å². The van der Waals surface area contributed by atoms with Crippen molar-refractivity contribution >= 4 is 0 Å². The molecule has 0 bridgehead atoms. The molecule has 0 spiro atoms. The number of aliphatic hydroxyl groups excluding tert-OH is 1. The van der Waals surface area contributed by atoms with Crippen LogP contribution in [0.25, 0.3) is 0 Å². The van der Waals surface area contributed by atoms with E-state index < -0.39 is 5.60 Å². The minimum absolute atomic E-state index is 0.370. The summed E-state index contributed by atoms with van der Waals surface area (Å²) in [7, 11) is 0. The minimum atomic E-state index is -0.505. The smallest absolute Gasteiger partial charge is 0.229 e. The standard InChI is InChI=1S/C15H26N2O3/c1-4-15(3,19-5-2)14-16-13(20-17-14)10-12(18)11-8-6-7-9-11/h11-12,18H,4-10H2,1-3H3. The molecule has 20 heavy (non-hydrogen) atoms. The molecule has 1 saturated carbocycles. The van der Waals surface area contributed by atoms with Gasteiger partial charge in [-0.15, -0.1) is 0 Å². The SMILES string of the molecule is CCOC(C)(CC)c1noc(CC(O)C2CCCC2)n1. The van der Waals surface area contributed by atoms with Crippen LogP contribution in [0.3, 0.4) is 0 Å². The fraction of sp³-hybridized carbons (Fsp3) is 0.867. The summed E-state index contributed by atoms with van der Waals surface area (Å²) in [4.78, 5) is 4.42. The van der Waals surface area contributed by atoms with Gasteiger partial charge in [0, 0.05) is 6.61 Å². The van der Waals surface area contributed by atoms with Crippen LogP contribution < -0.4 is 0 Å². The molecule has 1 heterocycles. The fourth-order valence-corrected chi connectivity index (χ4v) is 2.88. The Morgan fingerprint density at radius 2 is 2.10 bits per heavy atom. The number of rotatable bonds is 7. The molecule has 5 heteroatoms. The summed E-state index contributed by atoms with van der Waals surface area (Å²) >= 11 is 0. The largest absolute Gasteiger partial charge is 0.392 e. The van der Waals surface area contributed by atoms with Crippen molar-refractivity contribution in [2.75, 3.05) is 6.61 Å². The van der Waals surface area contributed by atoms with E-state index in [4.69, 9.17) is 9.26 Å². The Kier molecular flexibility index (Phi) is 5.16. The van der Waals surface area contributed by atoms with Crippen molar-refractivity contribution in [1.82, 2.24) is 10.1 Å². The van der Waals surface area contributed by atoms with E-state index in [9.17, 15) is 5.11 Å². The molecule has 1 aromatic heterocycles. The number of hydrogen-bond donors (Lipinski definition) is 1. The highest BCUT2D eigenvalue weighted by molar-refractivity contribution is 5.00. The van der Waals surface area contributed by atoms with Crippen LogP contribution in [0.15, 0.2) is 4.52 Å². The van der Waals surface area contributed by atoms with Gasteiger partial charge in [0.25, 0.3) is 0 Å². The van der Waals surface area contributed by atoms with Gasteiger partial charge in [-0.3, -0.25) is 0 Å². The number of aromatic nitrogens is 2. The highest BCUT2D eigenvalue weighted by Gasteiger charge is 2.32. The first-order valence-corrected chi connectivity index (χ1v) is 7.74. The summed E-state index contributed by atoms with van der Waals surface area (Å²) in [6.45, 7) is 6.58. The molecule has 0 radical (unpaired) electrons. The summed E-state index contributed by atoms with van der Waals surface area (Å²) < 4.78 is 11.0. The van der Waals surface area contributed by atoms with Crippen molar-refractivity contribution in [3.63, 3.8) is 0 Å². The van der Waals surface area contributed by atoms with Gasteiger partial charge < -0.3 is 14.4 Å². The van der Waals surface area contributed by atoms with E-state index in [2.05, 4.69) is 10.1 Å². The summed E-state index contributed by atoms with van der Waals surface area (Å²) in [5.74, 6) is 1.48. The summed E-state index contributed by atoms with van der Waals surface area (Å²) in [5.41, 5.74) is -0.505. The molecular formula is C15H26N2O3. The molecule has 1 aliphatic rings. The van der Waals surface area contributed by atoms with Crippen LogP contribution in [0.2, 0.25) is 0 Å². The van der Waals surface area contributed by atoms with Crippen LogP contribution in [-0.4, -0.2) is 28.0 Å². The topological polar surface area (TPSA) is 68.4 Å². The van der Waals surface area contributed by atoms with E-state index >= 15 is 0 Å². The molecule has 2 rings (SSSR count). The summed E-state index contributed by atoms with van der Waals surface area (Å²) in [6, 6.07) is 0. The predicted molar refractivity (Wildman–Crippen MR) is 75.2 cm³/mol. The molecular weight excluding hydrogens is 256 g/mol. The van der Waals surface area contributed by atoms with Gasteiger partial charge in [-0.1, -0.05) is 24.9 Å². The third-order valence-electron chi connectivity index (χ3n) is 4.41. The van der Waals surface area contributed by atoms with Gasteiger partial charge in [-0.25, -0.2) is 0 Å². The van der Waals surface area contributed by atoms with E-state index in [1.54, 1.807) is 0 Å². The second-order valence-corrected chi connectivity index (χ2v) is 5.85. The highest BCUT2D eigenvalue weighted by Crippen LogP contribution is 2.30. The van der Waals surface area contributed by atoms with Crippen molar-refractivity contribution in [1.29, 1.82) is 0 Å². The van der Waals surface area contributed by atoms with Gasteiger partial charge in [0.1, 0.15) is 5.60 Å². The zero-order chi connectivity index (χ0) is 14.6. The van der Waals surface area contributed by atoms with E-state index in [-0.39, 0.29) is 6.10 Å². The zero-order valence-corrected chi connectivity index (χ0v) is 12.8. The van der Waals surface area contributed by atoms with Gasteiger partial charge in [0.15, 0.2) is 0 Å². The molecule has 2 unspecified atom stereocenters. The molecule has 0 amide bonds. The average Bonchev–Trinajstić information content (AvgIpc) is 3.10. The number of nitrogens with zero attached hydrogens (tertiary/aromatic N) is 2. The Morgan fingerprint density at radius 3 is 2.70 bits per heavy atom. The molecule has 0 saturated heterocycles. The molecule has 1 N–H and O–H groups in total. The third kappa shape index (κ3) is 3.38. The first kappa shape index (κ1) is 15.4. The maximum atomic E-state index is 10.2. The number of aliphatic hydroxyl groups is 1. The monoisotopic (exact) mass is 282 g/mol. The first-order valence-electron chi connectivity index (χ1n) is 7.74.